The third-order valence-electron chi connectivity index (χ3n) is 3.13. The van der Waals surface area contributed by atoms with Crippen molar-refractivity contribution in [1.29, 1.82) is 0 Å². The summed E-state index contributed by atoms with van der Waals surface area (Å²) in [4.78, 5) is 20.1. The first kappa shape index (κ1) is 12.0. The van der Waals surface area contributed by atoms with Crippen molar-refractivity contribution in [2.24, 2.45) is 0 Å². The molecule has 1 fully saturated rings. The Balaban J connectivity index is 1.77. The highest BCUT2D eigenvalue weighted by Gasteiger charge is 2.30. The first-order chi connectivity index (χ1) is 9.25. The van der Waals surface area contributed by atoms with Crippen LogP contribution in [0.25, 0.3) is 0 Å². The van der Waals surface area contributed by atoms with E-state index in [9.17, 15) is 4.79 Å². The minimum absolute atomic E-state index is 0.00639. The average Bonchev–Trinajstić information content (AvgIpc) is 3.03. The van der Waals surface area contributed by atoms with Gasteiger partial charge in [0.1, 0.15) is 5.01 Å². The Bertz CT molecular complexity index is 584. The predicted molar refractivity (Wildman–Crippen MR) is 76.1 cm³/mol. The second-order valence-electron chi connectivity index (χ2n) is 4.34. The number of carbonyl (C=O) groups is 1. The molecule has 2 amide bonds. The van der Waals surface area contributed by atoms with Gasteiger partial charge in [0.25, 0.3) is 0 Å². The molecule has 1 aliphatic heterocycles. The van der Waals surface area contributed by atoms with Crippen LogP contribution in [0.2, 0.25) is 0 Å². The Kier molecular flexibility index (Phi) is 3.08. The monoisotopic (exact) mass is 274 g/mol. The van der Waals surface area contributed by atoms with Crippen molar-refractivity contribution in [3.8, 4) is 0 Å². The van der Waals surface area contributed by atoms with Crippen molar-refractivity contribution < 1.29 is 4.79 Å². The molecule has 0 saturated carbocycles. The number of carbonyl (C=O) groups excluding carboxylic acids is 1. The van der Waals surface area contributed by atoms with Gasteiger partial charge in [-0.05, 0) is 12.1 Å². The molecule has 3 rings (SSSR count). The van der Waals surface area contributed by atoms with E-state index in [4.69, 9.17) is 5.73 Å². The summed E-state index contributed by atoms with van der Waals surface area (Å²) in [6.45, 7) is 1.94. The number of hydrogen-bond donors (Lipinski definition) is 1. The molecule has 2 heterocycles. The van der Waals surface area contributed by atoms with Gasteiger partial charge in [0, 0.05) is 24.7 Å². The van der Waals surface area contributed by atoms with Gasteiger partial charge in [0.2, 0.25) is 0 Å². The fourth-order valence-corrected chi connectivity index (χ4v) is 2.81. The highest BCUT2D eigenvalue weighted by atomic mass is 32.1. The van der Waals surface area contributed by atoms with E-state index < -0.39 is 0 Å². The summed E-state index contributed by atoms with van der Waals surface area (Å²) in [5.74, 6) is 0. The molecule has 1 aliphatic rings. The summed E-state index contributed by atoms with van der Waals surface area (Å²) in [6.07, 6.45) is 1.76. The van der Waals surface area contributed by atoms with Gasteiger partial charge in [-0.3, -0.25) is 4.90 Å². The van der Waals surface area contributed by atoms with E-state index in [0.29, 0.717) is 25.3 Å². The van der Waals surface area contributed by atoms with Crippen molar-refractivity contribution in [3.05, 3.63) is 40.8 Å². The van der Waals surface area contributed by atoms with E-state index in [1.165, 1.54) is 0 Å². The zero-order valence-electron chi connectivity index (χ0n) is 10.3. The molecule has 0 atom stereocenters. The van der Waals surface area contributed by atoms with Crippen molar-refractivity contribution in [3.63, 3.8) is 0 Å². The Hall–Kier alpha value is -2.08. The molecule has 0 spiro atoms. The normalized spacial score (nSPS) is 15.3. The first-order valence-electron chi connectivity index (χ1n) is 6.05. The van der Waals surface area contributed by atoms with Crippen LogP contribution in [-0.2, 0) is 6.54 Å². The van der Waals surface area contributed by atoms with E-state index in [1.807, 2.05) is 29.6 Å². The van der Waals surface area contributed by atoms with Gasteiger partial charge in [-0.2, -0.15) is 0 Å². The second kappa shape index (κ2) is 4.89. The minimum Gasteiger partial charge on any atom is -0.397 e. The number of hydrogen-bond acceptors (Lipinski definition) is 4. The molecule has 0 unspecified atom stereocenters. The molecule has 0 aliphatic carbocycles. The fourth-order valence-electron chi connectivity index (χ4n) is 2.18. The lowest BCUT2D eigenvalue weighted by Gasteiger charge is -2.19. The zero-order chi connectivity index (χ0) is 13.2. The maximum atomic E-state index is 12.4. The molecule has 6 heteroatoms. The third kappa shape index (κ3) is 2.26. The van der Waals surface area contributed by atoms with Crippen molar-refractivity contribution in [2.45, 2.75) is 6.54 Å². The summed E-state index contributed by atoms with van der Waals surface area (Å²) in [7, 11) is 0. The van der Waals surface area contributed by atoms with Crippen LogP contribution >= 0.6 is 11.3 Å². The third-order valence-corrected chi connectivity index (χ3v) is 3.90. The smallest absolute Gasteiger partial charge is 0.325 e. The Morgan fingerprint density at radius 1 is 1.32 bits per heavy atom. The highest BCUT2D eigenvalue weighted by molar-refractivity contribution is 7.09. The SMILES string of the molecule is Nc1ccccc1N1CCN(Cc2nccs2)C1=O. The molecular formula is C13H14N4OS. The average molecular weight is 274 g/mol. The van der Waals surface area contributed by atoms with Crippen LogP contribution in [0, 0.1) is 0 Å². The van der Waals surface area contributed by atoms with Gasteiger partial charge in [0.15, 0.2) is 0 Å². The van der Waals surface area contributed by atoms with Crippen LogP contribution in [0.1, 0.15) is 5.01 Å². The molecule has 98 valence electrons. The molecule has 0 radical (unpaired) electrons. The number of anilines is 2. The molecule has 0 bridgehead atoms. The van der Waals surface area contributed by atoms with Gasteiger partial charge in [-0.1, -0.05) is 12.1 Å². The molecular weight excluding hydrogens is 260 g/mol. The van der Waals surface area contributed by atoms with Gasteiger partial charge >= 0.3 is 6.03 Å². The number of rotatable bonds is 3. The van der Waals surface area contributed by atoms with Crippen molar-refractivity contribution >= 4 is 28.7 Å². The van der Waals surface area contributed by atoms with Crippen LogP contribution in [0.4, 0.5) is 16.2 Å². The van der Waals surface area contributed by atoms with E-state index in [2.05, 4.69) is 4.98 Å². The Labute approximate surface area is 115 Å². The molecule has 2 aromatic rings. The van der Waals surface area contributed by atoms with E-state index in [-0.39, 0.29) is 6.03 Å². The van der Waals surface area contributed by atoms with E-state index in [1.54, 1.807) is 27.3 Å². The van der Waals surface area contributed by atoms with Crippen LogP contribution in [0.5, 0.6) is 0 Å². The lowest BCUT2D eigenvalue weighted by atomic mass is 10.2. The topological polar surface area (TPSA) is 62.5 Å². The van der Waals surface area contributed by atoms with E-state index >= 15 is 0 Å². The number of nitrogens with zero attached hydrogens (tertiary/aromatic N) is 3. The van der Waals surface area contributed by atoms with Crippen molar-refractivity contribution in [1.82, 2.24) is 9.88 Å². The Morgan fingerprint density at radius 3 is 2.89 bits per heavy atom. The molecule has 19 heavy (non-hydrogen) atoms. The van der Waals surface area contributed by atoms with Gasteiger partial charge < -0.3 is 10.6 Å². The van der Waals surface area contributed by atoms with Crippen LogP contribution in [-0.4, -0.2) is 29.0 Å². The molecule has 1 saturated heterocycles. The first-order valence-corrected chi connectivity index (χ1v) is 6.93. The van der Waals surface area contributed by atoms with Gasteiger partial charge in [-0.25, -0.2) is 9.78 Å². The van der Waals surface area contributed by atoms with Gasteiger partial charge in [0.05, 0.1) is 17.9 Å². The number of aromatic nitrogens is 1. The number of nitrogens with two attached hydrogens (primary N) is 1. The largest absolute Gasteiger partial charge is 0.397 e. The number of urea groups is 1. The highest BCUT2D eigenvalue weighted by Crippen LogP contribution is 2.27. The number of nitrogen functional groups attached to an aromatic ring is 1. The maximum Gasteiger partial charge on any atom is 0.325 e. The number of amides is 2. The van der Waals surface area contributed by atoms with E-state index in [0.717, 1.165) is 10.7 Å². The number of para-hydroxylation sites is 2. The van der Waals surface area contributed by atoms with Gasteiger partial charge in [-0.15, -0.1) is 11.3 Å². The standard InChI is InChI=1S/C13H14N4OS/c14-10-3-1-2-4-11(10)17-7-6-16(13(17)18)9-12-15-5-8-19-12/h1-5,8H,6-7,9,14H2. The van der Waals surface area contributed by atoms with Crippen LogP contribution < -0.4 is 10.6 Å². The molecule has 1 aromatic carbocycles. The zero-order valence-corrected chi connectivity index (χ0v) is 11.1. The summed E-state index contributed by atoms with van der Waals surface area (Å²) in [5.41, 5.74) is 7.34. The molecule has 5 nitrogen and oxygen atoms in total. The number of thiazole rings is 1. The summed E-state index contributed by atoms with van der Waals surface area (Å²) in [5, 5.41) is 2.87. The Morgan fingerprint density at radius 2 is 2.16 bits per heavy atom. The minimum atomic E-state index is -0.00639. The quantitative estimate of drug-likeness (QED) is 0.872. The predicted octanol–water partition coefficient (Wildman–Crippen LogP) is 2.17. The fraction of sp³-hybridized carbons (Fsp3) is 0.231. The summed E-state index contributed by atoms with van der Waals surface area (Å²) in [6, 6.07) is 7.44. The van der Waals surface area contributed by atoms with Crippen LogP contribution in [0.15, 0.2) is 35.8 Å². The lowest BCUT2D eigenvalue weighted by molar-refractivity contribution is 0.218. The molecule has 1 aromatic heterocycles. The summed E-state index contributed by atoms with van der Waals surface area (Å²) < 4.78 is 0. The number of benzene rings is 1. The maximum absolute atomic E-state index is 12.4. The molecule has 2 N–H and O–H groups in total. The lowest BCUT2D eigenvalue weighted by Crippen LogP contribution is -2.31. The van der Waals surface area contributed by atoms with Crippen molar-refractivity contribution in [2.75, 3.05) is 23.7 Å². The van der Waals surface area contributed by atoms with Crippen LogP contribution in [0.3, 0.4) is 0 Å². The second-order valence-corrected chi connectivity index (χ2v) is 5.32. The summed E-state index contributed by atoms with van der Waals surface area (Å²) >= 11 is 1.56.